The van der Waals surface area contributed by atoms with E-state index in [2.05, 4.69) is 18.4 Å². The number of thiophene rings is 1. The molecule has 0 aliphatic heterocycles. The highest BCUT2D eigenvalue weighted by Crippen LogP contribution is 2.12. The Balaban J connectivity index is 0.000000810. The van der Waals surface area contributed by atoms with Gasteiger partial charge in [-0.05, 0) is 36.9 Å². The SMILES string of the molecule is Cc1csc(CCN)c1.Cl. The average molecular weight is 178 g/mol. The van der Waals surface area contributed by atoms with E-state index in [1.54, 1.807) is 11.3 Å². The van der Waals surface area contributed by atoms with Gasteiger partial charge in [0.05, 0.1) is 0 Å². The number of hydrogen-bond acceptors (Lipinski definition) is 2. The van der Waals surface area contributed by atoms with Crippen molar-refractivity contribution in [3.63, 3.8) is 0 Å². The van der Waals surface area contributed by atoms with Crippen LogP contribution in [0.25, 0.3) is 0 Å². The van der Waals surface area contributed by atoms with Gasteiger partial charge in [-0.25, -0.2) is 0 Å². The lowest BCUT2D eigenvalue weighted by Gasteiger charge is -1.87. The molecule has 0 bridgehead atoms. The third kappa shape index (κ3) is 2.69. The Labute approximate surface area is 71.7 Å². The minimum atomic E-state index is 0. The van der Waals surface area contributed by atoms with Crippen LogP contribution in [0.1, 0.15) is 10.4 Å². The Morgan fingerprint density at radius 2 is 2.30 bits per heavy atom. The van der Waals surface area contributed by atoms with Crippen LogP contribution in [-0.2, 0) is 6.42 Å². The molecule has 0 unspecified atom stereocenters. The molecule has 0 saturated carbocycles. The van der Waals surface area contributed by atoms with Gasteiger partial charge in [-0.2, -0.15) is 0 Å². The summed E-state index contributed by atoms with van der Waals surface area (Å²) in [5.74, 6) is 0. The van der Waals surface area contributed by atoms with E-state index in [0.29, 0.717) is 0 Å². The molecule has 1 aromatic rings. The maximum Gasteiger partial charge on any atom is 0.00605 e. The van der Waals surface area contributed by atoms with E-state index < -0.39 is 0 Å². The second kappa shape index (κ2) is 4.72. The fourth-order valence-corrected chi connectivity index (χ4v) is 1.66. The number of aryl methyl sites for hydroxylation is 1. The summed E-state index contributed by atoms with van der Waals surface area (Å²) in [4.78, 5) is 1.40. The summed E-state index contributed by atoms with van der Waals surface area (Å²) in [6.07, 6.45) is 1.03. The van der Waals surface area contributed by atoms with E-state index in [4.69, 9.17) is 5.73 Å². The van der Waals surface area contributed by atoms with Crippen molar-refractivity contribution in [1.29, 1.82) is 0 Å². The molecule has 0 aliphatic carbocycles. The maximum absolute atomic E-state index is 5.38. The topological polar surface area (TPSA) is 26.0 Å². The molecule has 58 valence electrons. The lowest BCUT2D eigenvalue weighted by Crippen LogP contribution is -2.00. The van der Waals surface area contributed by atoms with Crippen LogP contribution in [-0.4, -0.2) is 6.54 Å². The molecule has 0 atom stereocenters. The fourth-order valence-electron chi connectivity index (χ4n) is 0.764. The van der Waals surface area contributed by atoms with Crippen molar-refractivity contribution in [2.75, 3.05) is 6.54 Å². The molecule has 10 heavy (non-hydrogen) atoms. The first-order chi connectivity index (χ1) is 4.33. The van der Waals surface area contributed by atoms with E-state index in [1.165, 1.54) is 10.4 Å². The van der Waals surface area contributed by atoms with Gasteiger partial charge in [-0.3, -0.25) is 0 Å². The van der Waals surface area contributed by atoms with Crippen molar-refractivity contribution in [1.82, 2.24) is 0 Å². The summed E-state index contributed by atoms with van der Waals surface area (Å²) in [5, 5.41) is 2.16. The standard InChI is InChI=1S/C7H11NS.ClH/c1-6-4-7(2-3-8)9-5-6;/h4-5H,2-3,8H2,1H3;1H. The van der Waals surface area contributed by atoms with Gasteiger partial charge in [0, 0.05) is 4.88 Å². The number of nitrogens with two attached hydrogens (primary N) is 1. The van der Waals surface area contributed by atoms with Crippen LogP contribution in [0.4, 0.5) is 0 Å². The molecule has 1 rings (SSSR count). The Morgan fingerprint density at radius 1 is 1.60 bits per heavy atom. The molecule has 0 fully saturated rings. The third-order valence-corrected chi connectivity index (χ3v) is 2.29. The summed E-state index contributed by atoms with van der Waals surface area (Å²) < 4.78 is 0. The predicted octanol–water partition coefficient (Wildman–Crippen LogP) is 1.98. The van der Waals surface area contributed by atoms with Crippen LogP contribution in [0.15, 0.2) is 11.4 Å². The van der Waals surface area contributed by atoms with Gasteiger partial charge < -0.3 is 5.73 Å². The summed E-state index contributed by atoms with van der Waals surface area (Å²) >= 11 is 1.79. The largest absolute Gasteiger partial charge is 0.330 e. The maximum atomic E-state index is 5.38. The first kappa shape index (κ1) is 9.95. The van der Waals surface area contributed by atoms with Gasteiger partial charge in [-0.1, -0.05) is 0 Å². The van der Waals surface area contributed by atoms with Gasteiger partial charge in [0.25, 0.3) is 0 Å². The molecule has 2 N–H and O–H groups in total. The van der Waals surface area contributed by atoms with Crippen molar-refractivity contribution in [2.45, 2.75) is 13.3 Å². The quantitative estimate of drug-likeness (QED) is 0.735. The van der Waals surface area contributed by atoms with Gasteiger partial charge in [0.2, 0.25) is 0 Å². The highest BCUT2D eigenvalue weighted by atomic mass is 35.5. The van der Waals surface area contributed by atoms with Crippen LogP contribution in [0.3, 0.4) is 0 Å². The Hall–Kier alpha value is -0.0500. The summed E-state index contributed by atoms with van der Waals surface area (Å²) in [7, 11) is 0. The number of halogens is 1. The molecule has 0 saturated heterocycles. The van der Waals surface area contributed by atoms with E-state index in [9.17, 15) is 0 Å². The van der Waals surface area contributed by atoms with Crippen molar-refractivity contribution in [3.05, 3.63) is 21.9 Å². The Kier molecular flexibility index (Phi) is 4.69. The molecule has 1 nitrogen and oxygen atoms in total. The number of rotatable bonds is 2. The van der Waals surface area contributed by atoms with Crippen molar-refractivity contribution < 1.29 is 0 Å². The summed E-state index contributed by atoms with van der Waals surface area (Å²) in [6.45, 7) is 2.87. The lowest BCUT2D eigenvalue weighted by atomic mass is 10.3. The van der Waals surface area contributed by atoms with Crippen LogP contribution < -0.4 is 5.73 Å². The van der Waals surface area contributed by atoms with Crippen LogP contribution >= 0.6 is 23.7 Å². The Morgan fingerprint density at radius 3 is 2.70 bits per heavy atom. The normalized spacial score (nSPS) is 9.00. The molecule has 0 amide bonds. The molecule has 0 aliphatic rings. The van der Waals surface area contributed by atoms with Gasteiger partial charge in [0.15, 0.2) is 0 Å². The van der Waals surface area contributed by atoms with E-state index in [0.717, 1.165) is 13.0 Å². The molecular weight excluding hydrogens is 166 g/mol. The van der Waals surface area contributed by atoms with Crippen LogP contribution in [0.5, 0.6) is 0 Å². The zero-order valence-corrected chi connectivity index (χ0v) is 7.60. The average Bonchev–Trinajstić information content (AvgIpc) is 2.17. The first-order valence-corrected chi connectivity index (χ1v) is 3.95. The van der Waals surface area contributed by atoms with Crippen LogP contribution in [0, 0.1) is 6.92 Å². The van der Waals surface area contributed by atoms with E-state index >= 15 is 0 Å². The second-order valence-corrected chi connectivity index (χ2v) is 3.12. The highest BCUT2D eigenvalue weighted by molar-refractivity contribution is 7.10. The minimum absolute atomic E-state index is 0. The molecule has 1 aromatic heterocycles. The fraction of sp³-hybridized carbons (Fsp3) is 0.429. The first-order valence-electron chi connectivity index (χ1n) is 3.07. The zero-order chi connectivity index (χ0) is 6.69. The summed E-state index contributed by atoms with van der Waals surface area (Å²) in [6, 6.07) is 2.19. The van der Waals surface area contributed by atoms with Crippen LogP contribution in [0.2, 0.25) is 0 Å². The lowest BCUT2D eigenvalue weighted by molar-refractivity contribution is 0.988. The monoisotopic (exact) mass is 177 g/mol. The minimum Gasteiger partial charge on any atom is -0.330 e. The van der Waals surface area contributed by atoms with Gasteiger partial charge >= 0.3 is 0 Å². The molecular formula is C7H12ClNS. The van der Waals surface area contributed by atoms with Crippen molar-refractivity contribution >= 4 is 23.7 Å². The molecule has 0 spiro atoms. The predicted molar refractivity (Wildman–Crippen MR) is 49.1 cm³/mol. The molecule has 3 heteroatoms. The molecule has 1 heterocycles. The highest BCUT2D eigenvalue weighted by Gasteiger charge is 1.92. The van der Waals surface area contributed by atoms with E-state index in [1.807, 2.05) is 0 Å². The molecule has 0 radical (unpaired) electrons. The zero-order valence-electron chi connectivity index (χ0n) is 5.96. The van der Waals surface area contributed by atoms with Gasteiger partial charge in [-0.15, -0.1) is 23.7 Å². The smallest absolute Gasteiger partial charge is 0.00605 e. The molecule has 0 aromatic carbocycles. The van der Waals surface area contributed by atoms with Crippen molar-refractivity contribution in [3.8, 4) is 0 Å². The Bertz CT molecular complexity index is 185. The number of hydrogen-bond donors (Lipinski definition) is 1. The third-order valence-electron chi connectivity index (χ3n) is 1.18. The second-order valence-electron chi connectivity index (χ2n) is 2.13. The van der Waals surface area contributed by atoms with Gasteiger partial charge in [0.1, 0.15) is 0 Å². The van der Waals surface area contributed by atoms with E-state index in [-0.39, 0.29) is 12.4 Å². The summed E-state index contributed by atoms with van der Waals surface area (Å²) in [5.41, 5.74) is 6.73. The van der Waals surface area contributed by atoms with Crippen molar-refractivity contribution in [2.24, 2.45) is 5.73 Å².